The van der Waals surface area contributed by atoms with Crippen LogP contribution in [-0.2, 0) is 4.79 Å². The van der Waals surface area contributed by atoms with E-state index in [1.54, 1.807) is 43.5 Å². The number of nitrogens with two attached hydrogens (primary N) is 1. The fourth-order valence-electron chi connectivity index (χ4n) is 2.61. The van der Waals surface area contributed by atoms with Crippen LogP contribution in [0.3, 0.4) is 0 Å². The van der Waals surface area contributed by atoms with E-state index in [1.807, 2.05) is 0 Å². The Morgan fingerprint density at radius 2 is 1.78 bits per heavy atom. The van der Waals surface area contributed by atoms with E-state index in [0.29, 0.717) is 40.6 Å². The molecule has 0 unspecified atom stereocenters. The molecule has 2 aromatic rings. The third kappa shape index (κ3) is 5.04. The number of nitrogens with one attached hydrogen (secondary N) is 1. The van der Waals surface area contributed by atoms with E-state index in [-0.39, 0.29) is 43.7 Å². The minimum absolute atomic E-state index is 0. The van der Waals surface area contributed by atoms with E-state index < -0.39 is 0 Å². The Morgan fingerprint density at radius 3 is 2.44 bits per heavy atom. The maximum atomic E-state index is 12.1. The molecule has 1 aliphatic heterocycles. The Morgan fingerprint density at radius 1 is 1.11 bits per heavy atom. The molecule has 0 aromatic heterocycles. The third-order valence-corrected chi connectivity index (χ3v) is 4.04. The number of rotatable bonds is 7. The van der Waals surface area contributed by atoms with Crippen molar-refractivity contribution in [2.45, 2.75) is 19.3 Å². The average molecular weight is 393 g/mol. The number of benzene rings is 2. The molecule has 3 N–H and O–H groups in total. The monoisotopic (exact) mass is 392 g/mol. The Bertz CT molecular complexity index is 824. The summed E-state index contributed by atoms with van der Waals surface area (Å²) < 4.78 is 15.6. The fraction of sp³-hybridized carbons (Fsp3) is 0.263. The lowest BCUT2D eigenvalue weighted by molar-refractivity contribution is -0.116. The molecular formula is C19H21ClN2O5. The summed E-state index contributed by atoms with van der Waals surface area (Å²) in [5, 5.41) is 2.74. The molecule has 1 aliphatic rings. The lowest BCUT2D eigenvalue weighted by atomic mass is 10.1. The van der Waals surface area contributed by atoms with Crippen molar-refractivity contribution in [3.05, 3.63) is 42.0 Å². The smallest absolute Gasteiger partial charge is 0.231 e. The number of hydrogen-bond acceptors (Lipinski definition) is 6. The van der Waals surface area contributed by atoms with Crippen LogP contribution in [0.1, 0.15) is 29.6 Å². The Labute approximate surface area is 163 Å². The first-order valence-corrected chi connectivity index (χ1v) is 8.23. The largest absolute Gasteiger partial charge is 0.497 e. The average Bonchev–Trinajstić information content (AvgIpc) is 3.09. The number of Topliss-reactive ketones (excluding diaryl/α,β-unsaturated/α-hetero) is 1. The van der Waals surface area contributed by atoms with Gasteiger partial charge < -0.3 is 25.3 Å². The minimum atomic E-state index is -0.210. The summed E-state index contributed by atoms with van der Waals surface area (Å²) in [7, 11) is 1.57. The predicted molar refractivity (Wildman–Crippen MR) is 104 cm³/mol. The highest BCUT2D eigenvalue weighted by Crippen LogP contribution is 2.38. The molecule has 0 atom stereocenters. The van der Waals surface area contributed by atoms with Crippen molar-refractivity contribution in [1.29, 1.82) is 0 Å². The van der Waals surface area contributed by atoms with E-state index in [1.165, 1.54) is 0 Å². The quantitative estimate of drug-likeness (QED) is 0.553. The van der Waals surface area contributed by atoms with Gasteiger partial charge in [-0.15, -0.1) is 12.4 Å². The third-order valence-electron chi connectivity index (χ3n) is 4.04. The zero-order valence-corrected chi connectivity index (χ0v) is 15.6. The number of carbonyl (C=O) groups excluding carboxylic acids is 2. The first-order chi connectivity index (χ1) is 12.6. The van der Waals surface area contributed by atoms with E-state index in [2.05, 4.69) is 5.32 Å². The first kappa shape index (κ1) is 20.4. The van der Waals surface area contributed by atoms with Crippen LogP contribution in [-0.4, -0.2) is 25.6 Å². The molecular weight excluding hydrogens is 372 g/mol. The summed E-state index contributed by atoms with van der Waals surface area (Å²) in [6.07, 6.45) is 0.952. The van der Waals surface area contributed by atoms with Crippen LogP contribution in [0, 0.1) is 0 Å². The molecule has 0 aliphatic carbocycles. The highest BCUT2D eigenvalue weighted by Gasteiger charge is 2.17. The summed E-state index contributed by atoms with van der Waals surface area (Å²) >= 11 is 0. The van der Waals surface area contributed by atoms with Crippen molar-refractivity contribution in [2.24, 2.45) is 0 Å². The van der Waals surface area contributed by atoms with Crippen LogP contribution in [0.15, 0.2) is 36.4 Å². The molecule has 0 radical (unpaired) electrons. The number of ether oxygens (including phenoxy) is 3. The van der Waals surface area contributed by atoms with Crippen molar-refractivity contribution in [3.63, 3.8) is 0 Å². The maximum Gasteiger partial charge on any atom is 0.231 e. The second-order valence-electron chi connectivity index (χ2n) is 5.85. The predicted octanol–water partition coefficient (Wildman–Crippen LogP) is 3.42. The van der Waals surface area contributed by atoms with Crippen molar-refractivity contribution in [3.8, 4) is 17.2 Å². The number of carbonyl (C=O) groups is 2. The van der Waals surface area contributed by atoms with Gasteiger partial charge >= 0.3 is 0 Å². The summed E-state index contributed by atoms with van der Waals surface area (Å²) in [5.41, 5.74) is 7.38. The number of methoxy groups -OCH3 is 1. The van der Waals surface area contributed by atoms with Crippen LogP contribution >= 0.6 is 12.4 Å². The molecule has 7 nitrogen and oxygen atoms in total. The first-order valence-electron chi connectivity index (χ1n) is 8.23. The van der Waals surface area contributed by atoms with Gasteiger partial charge in [0.2, 0.25) is 12.7 Å². The summed E-state index contributed by atoms with van der Waals surface area (Å²) in [6, 6.07) is 10.2. The minimum Gasteiger partial charge on any atom is -0.497 e. The number of amides is 1. The van der Waals surface area contributed by atoms with Crippen LogP contribution in [0.4, 0.5) is 11.4 Å². The van der Waals surface area contributed by atoms with Crippen molar-refractivity contribution in [2.75, 3.05) is 25.0 Å². The van der Waals surface area contributed by atoms with Gasteiger partial charge in [0.05, 0.1) is 18.5 Å². The maximum absolute atomic E-state index is 12.1. The Balaban J connectivity index is 0.00000261. The van der Waals surface area contributed by atoms with Crippen LogP contribution in [0.25, 0.3) is 0 Å². The van der Waals surface area contributed by atoms with E-state index in [9.17, 15) is 9.59 Å². The molecule has 144 valence electrons. The van der Waals surface area contributed by atoms with Gasteiger partial charge in [-0.1, -0.05) is 0 Å². The highest BCUT2D eigenvalue weighted by atomic mass is 35.5. The highest BCUT2D eigenvalue weighted by molar-refractivity contribution is 5.97. The number of halogens is 1. The Kier molecular flexibility index (Phi) is 6.90. The van der Waals surface area contributed by atoms with E-state index in [0.717, 1.165) is 0 Å². The number of anilines is 2. The topological polar surface area (TPSA) is 99.9 Å². The standard InChI is InChI=1S/C19H20N2O5.ClH/c1-24-13-7-5-12(6-8-13)16(22)3-2-4-19(23)21-15-10-18-17(9-14(15)20)25-11-26-18;/h5-10H,2-4,11,20H2,1H3,(H,21,23);1H. The number of ketones is 1. The molecule has 0 bridgehead atoms. The molecule has 1 heterocycles. The second-order valence-corrected chi connectivity index (χ2v) is 5.85. The fourth-order valence-corrected chi connectivity index (χ4v) is 2.61. The van der Waals surface area contributed by atoms with Crippen molar-refractivity contribution < 1.29 is 23.8 Å². The van der Waals surface area contributed by atoms with E-state index >= 15 is 0 Å². The number of fused-ring (bicyclic) bond motifs is 1. The van der Waals surface area contributed by atoms with Gasteiger partial charge in [-0.25, -0.2) is 0 Å². The van der Waals surface area contributed by atoms with Gasteiger partial charge in [0.1, 0.15) is 5.75 Å². The molecule has 1 amide bonds. The molecule has 0 saturated heterocycles. The van der Waals surface area contributed by atoms with Gasteiger partial charge in [0.15, 0.2) is 17.3 Å². The lowest BCUT2D eigenvalue weighted by Gasteiger charge is -2.09. The molecule has 3 rings (SSSR count). The van der Waals surface area contributed by atoms with Crippen molar-refractivity contribution >= 4 is 35.5 Å². The number of hydrogen-bond donors (Lipinski definition) is 2. The molecule has 0 saturated carbocycles. The van der Waals surface area contributed by atoms with Gasteiger partial charge in [-0.05, 0) is 30.7 Å². The van der Waals surface area contributed by atoms with Gasteiger partial charge in [-0.3, -0.25) is 9.59 Å². The summed E-state index contributed by atoms with van der Waals surface area (Å²) in [4.78, 5) is 24.2. The normalized spacial score (nSPS) is 11.4. The van der Waals surface area contributed by atoms with Gasteiger partial charge in [-0.2, -0.15) is 0 Å². The molecule has 2 aromatic carbocycles. The summed E-state index contributed by atoms with van der Waals surface area (Å²) in [5.74, 6) is 1.58. The Hall–Kier alpha value is -2.93. The van der Waals surface area contributed by atoms with Crippen LogP contribution < -0.4 is 25.3 Å². The van der Waals surface area contributed by atoms with Gasteiger partial charge in [0.25, 0.3) is 0 Å². The zero-order chi connectivity index (χ0) is 18.5. The van der Waals surface area contributed by atoms with Gasteiger partial charge in [0, 0.05) is 30.5 Å². The number of nitrogen functional groups attached to an aromatic ring is 1. The van der Waals surface area contributed by atoms with Crippen LogP contribution in [0.2, 0.25) is 0 Å². The SMILES string of the molecule is COc1ccc(C(=O)CCCC(=O)Nc2cc3c(cc2N)OCO3)cc1.Cl. The molecule has 8 heteroatoms. The summed E-state index contributed by atoms with van der Waals surface area (Å²) in [6.45, 7) is 0.139. The lowest BCUT2D eigenvalue weighted by Crippen LogP contribution is -2.13. The van der Waals surface area contributed by atoms with Crippen molar-refractivity contribution in [1.82, 2.24) is 0 Å². The second kappa shape index (κ2) is 9.14. The molecule has 0 fully saturated rings. The zero-order valence-electron chi connectivity index (χ0n) is 14.8. The molecule has 27 heavy (non-hydrogen) atoms. The van der Waals surface area contributed by atoms with Crippen LogP contribution in [0.5, 0.6) is 17.2 Å². The van der Waals surface area contributed by atoms with E-state index in [4.69, 9.17) is 19.9 Å². The molecule has 0 spiro atoms.